The molecule has 106 valence electrons. The van der Waals surface area contributed by atoms with Crippen LogP contribution in [0.3, 0.4) is 0 Å². The van der Waals surface area contributed by atoms with Gasteiger partial charge in [0.15, 0.2) is 6.61 Å². The van der Waals surface area contributed by atoms with Crippen molar-refractivity contribution >= 4 is 29.2 Å². The average Bonchev–Trinajstić information content (AvgIpc) is 2.99. The van der Waals surface area contributed by atoms with Gasteiger partial charge >= 0.3 is 5.97 Å². The molecule has 2 rings (SSSR count). The van der Waals surface area contributed by atoms with Gasteiger partial charge in [0, 0.05) is 11.2 Å². The van der Waals surface area contributed by atoms with Crippen molar-refractivity contribution in [2.75, 3.05) is 11.9 Å². The van der Waals surface area contributed by atoms with E-state index in [2.05, 4.69) is 10.3 Å². The van der Waals surface area contributed by atoms with Crippen molar-refractivity contribution in [2.45, 2.75) is 0 Å². The van der Waals surface area contributed by atoms with Gasteiger partial charge in [-0.05, 0) is 30.3 Å². The van der Waals surface area contributed by atoms with Crippen LogP contribution in [0, 0.1) is 11.3 Å². The molecule has 1 aromatic carbocycles. The predicted octanol–water partition coefficient (Wildman–Crippen LogP) is 2.34. The Bertz CT molecular complexity index is 705. The number of rotatable bonds is 4. The molecule has 0 saturated heterocycles. The zero-order valence-electron chi connectivity index (χ0n) is 10.7. The number of hydrogen-bond acceptors (Lipinski definition) is 4. The van der Waals surface area contributed by atoms with Crippen molar-refractivity contribution < 1.29 is 14.3 Å². The van der Waals surface area contributed by atoms with Crippen LogP contribution in [0.4, 0.5) is 5.69 Å². The molecule has 1 aromatic heterocycles. The molecule has 21 heavy (non-hydrogen) atoms. The van der Waals surface area contributed by atoms with Crippen LogP contribution >= 0.6 is 11.6 Å². The molecule has 1 amide bonds. The number of nitriles is 1. The first-order valence-corrected chi connectivity index (χ1v) is 6.28. The van der Waals surface area contributed by atoms with E-state index in [0.717, 1.165) is 0 Å². The molecule has 0 saturated carbocycles. The second-order valence-corrected chi connectivity index (χ2v) is 4.45. The highest BCUT2D eigenvalue weighted by Gasteiger charge is 2.12. The summed E-state index contributed by atoms with van der Waals surface area (Å²) in [5.74, 6) is -1.20. The summed E-state index contributed by atoms with van der Waals surface area (Å²) in [7, 11) is 0. The number of H-pyrrole nitrogens is 1. The number of carbonyl (C=O) groups is 2. The SMILES string of the molecule is N#Cc1ccc(Cl)cc1NC(=O)COC(=O)c1ccc[nH]1. The molecule has 0 aliphatic rings. The number of aromatic amines is 1. The number of nitrogens with zero attached hydrogens (tertiary/aromatic N) is 1. The van der Waals surface area contributed by atoms with Crippen LogP contribution in [0.15, 0.2) is 36.5 Å². The van der Waals surface area contributed by atoms with Crippen molar-refractivity contribution in [1.82, 2.24) is 4.98 Å². The van der Waals surface area contributed by atoms with Crippen molar-refractivity contribution in [2.24, 2.45) is 0 Å². The lowest BCUT2D eigenvalue weighted by Crippen LogP contribution is -2.21. The Morgan fingerprint density at radius 2 is 2.19 bits per heavy atom. The summed E-state index contributed by atoms with van der Waals surface area (Å²) < 4.78 is 4.83. The summed E-state index contributed by atoms with van der Waals surface area (Å²) in [5.41, 5.74) is 0.789. The van der Waals surface area contributed by atoms with Crippen LogP contribution in [0.1, 0.15) is 16.1 Å². The van der Waals surface area contributed by atoms with Crippen molar-refractivity contribution in [3.8, 4) is 6.07 Å². The van der Waals surface area contributed by atoms with E-state index >= 15 is 0 Å². The van der Waals surface area contributed by atoms with Gasteiger partial charge in [0.1, 0.15) is 11.8 Å². The highest BCUT2D eigenvalue weighted by Crippen LogP contribution is 2.20. The number of ether oxygens (including phenoxy) is 1. The number of carbonyl (C=O) groups excluding carboxylic acids is 2. The van der Waals surface area contributed by atoms with Crippen LogP contribution in [-0.2, 0) is 9.53 Å². The fourth-order valence-corrected chi connectivity index (χ4v) is 1.74. The largest absolute Gasteiger partial charge is 0.451 e. The minimum atomic E-state index is -0.637. The Balaban J connectivity index is 1.95. The Morgan fingerprint density at radius 3 is 2.86 bits per heavy atom. The molecule has 0 atom stereocenters. The van der Waals surface area contributed by atoms with E-state index in [1.54, 1.807) is 18.3 Å². The van der Waals surface area contributed by atoms with Gasteiger partial charge in [-0.25, -0.2) is 4.79 Å². The summed E-state index contributed by atoms with van der Waals surface area (Å²) in [6, 6.07) is 9.58. The van der Waals surface area contributed by atoms with Gasteiger partial charge < -0.3 is 15.0 Å². The Morgan fingerprint density at radius 1 is 1.38 bits per heavy atom. The van der Waals surface area contributed by atoms with Crippen LogP contribution in [0.25, 0.3) is 0 Å². The summed E-state index contributed by atoms with van der Waals surface area (Å²) in [6.45, 7) is -0.463. The summed E-state index contributed by atoms with van der Waals surface area (Å²) in [5, 5.41) is 11.8. The molecule has 0 spiro atoms. The molecule has 0 radical (unpaired) electrons. The average molecular weight is 304 g/mol. The third-order valence-corrected chi connectivity index (χ3v) is 2.76. The number of benzene rings is 1. The molecular weight excluding hydrogens is 294 g/mol. The zero-order valence-corrected chi connectivity index (χ0v) is 11.5. The second-order valence-electron chi connectivity index (χ2n) is 4.01. The highest BCUT2D eigenvalue weighted by atomic mass is 35.5. The smallest absolute Gasteiger partial charge is 0.355 e. The topological polar surface area (TPSA) is 95.0 Å². The number of hydrogen-bond donors (Lipinski definition) is 2. The minimum absolute atomic E-state index is 0.253. The monoisotopic (exact) mass is 303 g/mol. The van der Waals surface area contributed by atoms with Gasteiger partial charge in [0.25, 0.3) is 5.91 Å². The maximum absolute atomic E-state index is 11.7. The number of nitrogens with one attached hydrogen (secondary N) is 2. The summed E-state index contributed by atoms with van der Waals surface area (Å²) in [4.78, 5) is 25.9. The molecule has 0 aliphatic heterocycles. The molecule has 7 heteroatoms. The zero-order chi connectivity index (χ0) is 15.2. The van der Waals surface area contributed by atoms with E-state index in [1.807, 2.05) is 6.07 Å². The highest BCUT2D eigenvalue weighted by molar-refractivity contribution is 6.31. The molecule has 0 fully saturated rings. The molecule has 0 aliphatic carbocycles. The molecule has 2 aromatic rings. The quantitative estimate of drug-likeness (QED) is 0.847. The van der Waals surface area contributed by atoms with E-state index in [-0.39, 0.29) is 16.9 Å². The maximum atomic E-state index is 11.7. The first-order valence-electron chi connectivity index (χ1n) is 5.90. The number of esters is 1. The molecule has 0 unspecified atom stereocenters. The van der Waals surface area contributed by atoms with Crippen molar-refractivity contribution in [3.05, 3.63) is 52.8 Å². The minimum Gasteiger partial charge on any atom is -0.451 e. The van der Waals surface area contributed by atoms with Gasteiger partial charge in [-0.3, -0.25) is 4.79 Å². The molecule has 1 heterocycles. The number of anilines is 1. The second kappa shape index (κ2) is 6.59. The third kappa shape index (κ3) is 3.84. The first kappa shape index (κ1) is 14.6. The van der Waals surface area contributed by atoms with Crippen LogP contribution < -0.4 is 5.32 Å². The first-order chi connectivity index (χ1) is 10.1. The van der Waals surface area contributed by atoms with Gasteiger partial charge in [-0.2, -0.15) is 5.26 Å². The van der Waals surface area contributed by atoms with E-state index in [4.69, 9.17) is 21.6 Å². The molecule has 2 N–H and O–H groups in total. The lowest BCUT2D eigenvalue weighted by Gasteiger charge is -2.08. The number of aromatic nitrogens is 1. The maximum Gasteiger partial charge on any atom is 0.355 e. The van der Waals surface area contributed by atoms with Gasteiger partial charge in [-0.1, -0.05) is 11.6 Å². The Kier molecular flexibility index (Phi) is 4.59. The fourth-order valence-electron chi connectivity index (χ4n) is 1.57. The van der Waals surface area contributed by atoms with Crippen LogP contribution in [-0.4, -0.2) is 23.5 Å². The normalized spacial score (nSPS) is 9.71. The predicted molar refractivity (Wildman–Crippen MR) is 75.9 cm³/mol. The van der Waals surface area contributed by atoms with Gasteiger partial charge in [0.2, 0.25) is 0 Å². The third-order valence-electron chi connectivity index (χ3n) is 2.53. The lowest BCUT2D eigenvalue weighted by atomic mass is 10.2. The summed E-state index contributed by atoms with van der Waals surface area (Å²) in [6.07, 6.45) is 1.57. The summed E-state index contributed by atoms with van der Waals surface area (Å²) >= 11 is 5.80. The van der Waals surface area contributed by atoms with E-state index in [1.165, 1.54) is 18.2 Å². The van der Waals surface area contributed by atoms with Crippen LogP contribution in [0.2, 0.25) is 5.02 Å². The van der Waals surface area contributed by atoms with E-state index in [0.29, 0.717) is 5.02 Å². The number of halogens is 1. The van der Waals surface area contributed by atoms with Crippen LogP contribution in [0.5, 0.6) is 0 Å². The molecule has 0 bridgehead atoms. The Labute approximate surface area is 125 Å². The van der Waals surface area contributed by atoms with Gasteiger partial charge in [0.05, 0.1) is 11.3 Å². The standard InChI is InChI=1S/C14H10ClN3O3/c15-10-4-3-9(7-16)12(6-10)18-13(19)8-21-14(20)11-2-1-5-17-11/h1-6,17H,8H2,(H,18,19). The van der Waals surface area contributed by atoms with E-state index < -0.39 is 18.5 Å². The molecular formula is C14H10ClN3O3. The fraction of sp³-hybridized carbons (Fsp3) is 0.0714. The molecule has 6 nitrogen and oxygen atoms in total. The van der Waals surface area contributed by atoms with Crippen molar-refractivity contribution in [1.29, 1.82) is 5.26 Å². The van der Waals surface area contributed by atoms with E-state index in [9.17, 15) is 9.59 Å². The Hall–Kier alpha value is -2.78. The lowest BCUT2D eigenvalue weighted by molar-refractivity contribution is -0.119. The van der Waals surface area contributed by atoms with Crippen molar-refractivity contribution in [3.63, 3.8) is 0 Å². The number of amides is 1. The van der Waals surface area contributed by atoms with Gasteiger partial charge in [-0.15, -0.1) is 0 Å².